The molecule has 0 aliphatic carbocycles. The van der Waals surface area contributed by atoms with Crippen LogP contribution in [-0.4, -0.2) is 68.4 Å². The fourth-order valence-corrected chi connectivity index (χ4v) is 3.52. The van der Waals surface area contributed by atoms with Gasteiger partial charge in [0.1, 0.15) is 5.75 Å². The molecule has 7 heteroatoms. The van der Waals surface area contributed by atoms with Gasteiger partial charge in [0.25, 0.3) is 0 Å². The van der Waals surface area contributed by atoms with Crippen LogP contribution in [0.1, 0.15) is 12.8 Å². The summed E-state index contributed by atoms with van der Waals surface area (Å²) in [5, 5.41) is 3.50. The van der Waals surface area contributed by atoms with E-state index in [0.717, 1.165) is 52.2 Å². The van der Waals surface area contributed by atoms with Crippen LogP contribution in [-0.2, 0) is 4.74 Å². The zero-order chi connectivity index (χ0) is 16.9. The van der Waals surface area contributed by atoms with Crippen LogP contribution in [0.2, 0.25) is 5.02 Å². The van der Waals surface area contributed by atoms with E-state index in [0.29, 0.717) is 22.5 Å². The summed E-state index contributed by atoms with van der Waals surface area (Å²) in [6, 6.07) is 5.51. The topological polar surface area (TPSA) is 54.0 Å². The Morgan fingerprint density at radius 2 is 2.12 bits per heavy atom. The summed E-state index contributed by atoms with van der Waals surface area (Å²) in [4.78, 5) is 17.0. The van der Waals surface area contributed by atoms with Gasteiger partial charge in [-0.25, -0.2) is 4.79 Å². The van der Waals surface area contributed by atoms with Crippen molar-refractivity contribution >= 4 is 23.3 Å². The maximum Gasteiger partial charge on any atom is 0.322 e. The maximum absolute atomic E-state index is 12.6. The Bertz CT molecular complexity index is 578. The smallest absolute Gasteiger partial charge is 0.322 e. The van der Waals surface area contributed by atoms with E-state index in [1.165, 1.54) is 0 Å². The van der Waals surface area contributed by atoms with Gasteiger partial charge in [0.15, 0.2) is 0 Å². The summed E-state index contributed by atoms with van der Waals surface area (Å²) in [5.74, 6) is 0.606. The first-order valence-corrected chi connectivity index (χ1v) is 8.76. The minimum absolute atomic E-state index is 0.103. The van der Waals surface area contributed by atoms with E-state index in [9.17, 15) is 4.79 Å². The highest BCUT2D eigenvalue weighted by molar-refractivity contribution is 6.31. The molecule has 0 aromatic heterocycles. The molecule has 2 fully saturated rings. The predicted octanol–water partition coefficient (Wildman–Crippen LogP) is 2.68. The highest BCUT2D eigenvalue weighted by atomic mass is 35.5. The number of morpholine rings is 1. The van der Waals surface area contributed by atoms with Gasteiger partial charge in [-0.2, -0.15) is 0 Å². The van der Waals surface area contributed by atoms with E-state index in [-0.39, 0.29) is 6.03 Å². The van der Waals surface area contributed by atoms with E-state index in [2.05, 4.69) is 10.2 Å². The molecule has 0 spiro atoms. The van der Waals surface area contributed by atoms with Crippen molar-refractivity contribution in [3.63, 3.8) is 0 Å². The third-order valence-electron chi connectivity index (χ3n) is 4.65. The van der Waals surface area contributed by atoms with Crippen LogP contribution in [0.4, 0.5) is 10.5 Å². The average molecular weight is 354 g/mol. The van der Waals surface area contributed by atoms with Crippen molar-refractivity contribution < 1.29 is 14.3 Å². The molecule has 0 bridgehead atoms. The zero-order valence-electron chi connectivity index (χ0n) is 14.0. The van der Waals surface area contributed by atoms with Crippen LogP contribution in [0.15, 0.2) is 18.2 Å². The average Bonchev–Trinajstić information content (AvgIpc) is 2.63. The zero-order valence-corrected chi connectivity index (χ0v) is 14.7. The lowest BCUT2D eigenvalue weighted by atomic mass is 10.0. The van der Waals surface area contributed by atoms with Gasteiger partial charge in [-0.1, -0.05) is 11.6 Å². The molecule has 6 nitrogen and oxygen atoms in total. The number of halogens is 1. The monoisotopic (exact) mass is 353 g/mol. The summed E-state index contributed by atoms with van der Waals surface area (Å²) in [5.41, 5.74) is 0.600. The Kier molecular flexibility index (Phi) is 5.81. The lowest BCUT2D eigenvalue weighted by Gasteiger charge is -2.40. The summed E-state index contributed by atoms with van der Waals surface area (Å²) >= 11 is 6.03. The van der Waals surface area contributed by atoms with E-state index < -0.39 is 0 Å². The number of rotatable bonds is 3. The number of hydrogen-bond donors (Lipinski definition) is 1. The summed E-state index contributed by atoms with van der Waals surface area (Å²) in [7, 11) is 1.58. The molecule has 1 aromatic rings. The van der Waals surface area contributed by atoms with E-state index in [1.54, 1.807) is 25.3 Å². The number of nitrogens with zero attached hydrogens (tertiary/aromatic N) is 2. The molecule has 2 saturated heterocycles. The van der Waals surface area contributed by atoms with Gasteiger partial charge in [-0.05, 0) is 31.0 Å². The normalized spacial score (nSPS) is 22.2. The van der Waals surface area contributed by atoms with Gasteiger partial charge in [-0.15, -0.1) is 0 Å². The Hall–Kier alpha value is -1.50. The number of methoxy groups -OCH3 is 1. The number of nitrogens with one attached hydrogen (secondary N) is 1. The second kappa shape index (κ2) is 8.05. The molecular formula is C17H24ClN3O3. The van der Waals surface area contributed by atoms with Crippen LogP contribution in [0.3, 0.4) is 0 Å². The van der Waals surface area contributed by atoms with Crippen molar-refractivity contribution in [2.24, 2.45) is 0 Å². The van der Waals surface area contributed by atoms with Crippen LogP contribution in [0.25, 0.3) is 0 Å². The summed E-state index contributed by atoms with van der Waals surface area (Å²) in [6.07, 6.45) is 2.15. The van der Waals surface area contributed by atoms with Gasteiger partial charge >= 0.3 is 6.03 Å². The number of carbonyl (C=O) groups excluding carboxylic acids is 1. The Morgan fingerprint density at radius 1 is 1.33 bits per heavy atom. The van der Waals surface area contributed by atoms with Gasteiger partial charge in [0.2, 0.25) is 0 Å². The second-order valence-corrected chi connectivity index (χ2v) is 6.60. The van der Waals surface area contributed by atoms with Crippen molar-refractivity contribution in [2.45, 2.75) is 18.9 Å². The number of amides is 2. The molecule has 24 heavy (non-hydrogen) atoms. The molecule has 2 amide bonds. The largest absolute Gasteiger partial charge is 0.495 e. The fourth-order valence-electron chi connectivity index (χ4n) is 3.35. The van der Waals surface area contributed by atoms with Gasteiger partial charge in [-0.3, -0.25) is 4.90 Å². The number of anilines is 1. The Balaban J connectivity index is 1.63. The first-order valence-electron chi connectivity index (χ1n) is 8.38. The Morgan fingerprint density at radius 3 is 2.88 bits per heavy atom. The molecule has 1 N–H and O–H groups in total. The van der Waals surface area contributed by atoms with Crippen molar-refractivity contribution in [3.05, 3.63) is 23.2 Å². The first kappa shape index (κ1) is 17.3. The quantitative estimate of drug-likeness (QED) is 0.907. The molecule has 2 aliphatic heterocycles. The van der Waals surface area contributed by atoms with Gasteiger partial charge in [0, 0.05) is 37.2 Å². The minimum Gasteiger partial charge on any atom is -0.495 e. The number of urea groups is 1. The molecule has 0 saturated carbocycles. The lowest BCUT2D eigenvalue weighted by Crippen LogP contribution is -2.53. The van der Waals surface area contributed by atoms with Crippen LogP contribution in [0, 0.1) is 0 Å². The van der Waals surface area contributed by atoms with E-state index >= 15 is 0 Å². The van der Waals surface area contributed by atoms with Crippen molar-refractivity contribution in [1.29, 1.82) is 0 Å². The van der Waals surface area contributed by atoms with Crippen molar-refractivity contribution in [1.82, 2.24) is 9.80 Å². The molecule has 0 radical (unpaired) electrons. The minimum atomic E-state index is -0.103. The molecule has 2 heterocycles. The number of likely N-dealkylation sites (tertiary alicyclic amines) is 1. The third-order valence-corrected chi connectivity index (χ3v) is 4.88. The predicted molar refractivity (Wildman–Crippen MR) is 94.0 cm³/mol. The maximum atomic E-state index is 12.6. The Labute approximate surface area is 147 Å². The first-order chi connectivity index (χ1) is 11.7. The van der Waals surface area contributed by atoms with Gasteiger partial charge in [0.05, 0.1) is 26.0 Å². The number of ether oxygens (including phenoxy) is 2. The lowest BCUT2D eigenvalue weighted by molar-refractivity contribution is 0.00248. The van der Waals surface area contributed by atoms with Crippen LogP contribution in [0.5, 0.6) is 5.75 Å². The highest BCUT2D eigenvalue weighted by Crippen LogP contribution is 2.28. The number of carbonyl (C=O) groups is 1. The summed E-state index contributed by atoms with van der Waals surface area (Å²) in [6.45, 7) is 4.97. The number of piperidine rings is 1. The molecule has 3 rings (SSSR count). The van der Waals surface area contributed by atoms with Gasteiger partial charge < -0.3 is 19.7 Å². The van der Waals surface area contributed by atoms with Crippen molar-refractivity contribution in [2.75, 3.05) is 51.8 Å². The SMILES string of the molecule is COc1ccc(Cl)cc1NC(=O)N1CCC[C@@H](N2CCOCC2)C1. The van der Waals surface area contributed by atoms with E-state index in [4.69, 9.17) is 21.1 Å². The molecule has 0 unspecified atom stereocenters. The molecule has 1 aromatic carbocycles. The fraction of sp³-hybridized carbons (Fsp3) is 0.588. The molecule has 2 aliphatic rings. The number of hydrogen-bond acceptors (Lipinski definition) is 4. The molecule has 132 valence electrons. The third kappa shape index (κ3) is 4.12. The van der Waals surface area contributed by atoms with Crippen LogP contribution < -0.4 is 10.1 Å². The molecular weight excluding hydrogens is 330 g/mol. The highest BCUT2D eigenvalue weighted by Gasteiger charge is 2.29. The van der Waals surface area contributed by atoms with Crippen LogP contribution >= 0.6 is 11.6 Å². The standard InChI is InChI=1S/C17H24ClN3O3/c1-23-16-5-4-13(18)11-15(16)19-17(22)21-6-2-3-14(12-21)20-7-9-24-10-8-20/h4-5,11,14H,2-3,6-10,12H2,1H3,(H,19,22)/t14-/m1/s1. The molecule has 1 atom stereocenters. The second-order valence-electron chi connectivity index (χ2n) is 6.17. The van der Waals surface area contributed by atoms with E-state index in [1.807, 2.05) is 4.90 Å². The summed E-state index contributed by atoms with van der Waals surface area (Å²) < 4.78 is 10.7. The van der Waals surface area contributed by atoms with Crippen molar-refractivity contribution in [3.8, 4) is 5.75 Å². The number of benzene rings is 1.